The molecule has 3 N–H and O–H groups in total. The number of hydrogen-bond acceptors (Lipinski definition) is 3. The van der Waals surface area contributed by atoms with Crippen molar-refractivity contribution in [3.63, 3.8) is 0 Å². The summed E-state index contributed by atoms with van der Waals surface area (Å²) in [4.78, 5) is 21.2. The molecule has 0 amide bonds. The third-order valence-electron chi connectivity index (χ3n) is 2.19. The smallest absolute Gasteiger partial charge is 0.332 e. The zero-order valence-corrected chi connectivity index (χ0v) is 5.84. The van der Waals surface area contributed by atoms with E-state index in [1.165, 1.54) is 13.8 Å². The normalized spacial score (nSPS) is 35.7. The standard InChI is InChI=1S/C6H9NO3/c1-5(2)3(8)6(5,7)4(9)10/h7H2,1-2H3,(H,9,10). The van der Waals surface area contributed by atoms with E-state index in [2.05, 4.69) is 0 Å². The fourth-order valence-electron chi connectivity index (χ4n) is 1.01. The first-order valence-corrected chi connectivity index (χ1v) is 2.92. The summed E-state index contributed by atoms with van der Waals surface area (Å²) in [6.45, 7) is 3.06. The van der Waals surface area contributed by atoms with Crippen LogP contribution in [0.2, 0.25) is 0 Å². The van der Waals surface area contributed by atoms with Gasteiger partial charge in [0.15, 0.2) is 11.3 Å². The molecule has 1 saturated carbocycles. The van der Waals surface area contributed by atoms with E-state index in [9.17, 15) is 9.59 Å². The predicted octanol–water partition coefficient (Wildman–Crippen LogP) is -0.623. The average molecular weight is 143 g/mol. The largest absolute Gasteiger partial charge is 0.480 e. The summed E-state index contributed by atoms with van der Waals surface area (Å²) in [7, 11) is 0. The molecular formula is C6H9NO3. The Kier molecular flexibility index (Phi) is 1.01. The van der Waals surface area contributed by atoms with Crippen molar-refractivity contribution in [2.75, 3.05) is 0 Å². The minimum Gasteiger partial charge on any atom is -0.480 e. The number of rotatable bonds is 1. The van der Waals surface area contributed by atoms with Crippen LogP contribution in [0.1, 0.15) is 13.8 Å². The van der Waals surface area contributed by atoms with Gasteiger partial charge in [0.25, 0.3) is 0 Å². The van der Waals surface area contributed by atoms with Crippen molar-refractivity contribution in [2.45, 2.75) is 19.4 Å². The molecule has 56 valence electrons. The van der Waals surface area contributed by atoms with Gasteiger partial charge in [-0.3, -0.25) is 4.79 Å². The Balaban J connectivity index is 2.99. The van der Waals surface area contributed by atoms with Crippen LogP contribution >= 0.6 is 0 Å². The van der Waals surface area contributed by atoms with E-state index in [0.717, 1.165) is 0 Å². The number of hydrogen-bond donors (Lipinski definition) is 2. The van der Waals surface area contributed by atoms with Crippen molar-refractivity contribution in [1.82, 2.24) is 0 Å². The number of carbonyl (C=O) groups excluding carboxylic acids is 1. The quantitative estimate of drug-likeness (QED) is 0.479. The van der Waals surface area contributed by atoms with Crippen molar-refractivity contribution in [1.29, 1.82) is 0 Å². The molecule has 0 heterocycles. The number of carboxylic acids is 1. The lowest BCUT2D eigenvalue weighted by molar-refractivity contribution is -0.141. The van der Waals surface area contributed by atoms with Gasteiger partial charge in [-0.05, 0) is 13.8 Å². The van der Waals surface area contributed by atoms with Gasteiger partial charge in [0, 0.05) is 0 Å². The molecule has 1 unspecified atom stereocenters. The van der Waals surface area contributed by atoms with Gasteiger partial charge in [0.1, 0.15) is 0 Å². The highest BCUT2D eigenvalue weighted by molar-refractivity contribution is 6.26. The summed E-state index contributed by atoms with van der Waals surface area (Å²) < 4.78 is 0. The molecule has 1 rings (SSSR count). The van der Waals surface area contributed by atoms with Crippen molar-refractivity contribution in [3.8, 4) is 0 Å². The third-order valence-corrected chi connectivity index (χ3v) is 2.19. The number of aliphatic carboxylic acids is 1. The van der Waals surface area contributed by atoms with E-state index >= 15 is 0 Å². The molecule has 0 aromatic rings. The molecule has 1 fully saturated rings. The number of carboxylic acid groups (broad SMARTS) is 1. The predicted molar refractivity (Wildman–Crippen MR) is 33.3 cm³/mol. The van der Waals surface area contributed by atoms with Gasteiger partial charge in [0.05, 0.1) is 5.41 Å². The van der Waals surface area contributed by atoms with Crippen molar-refractivity contribution < 1.29 is 14.7 Å². The van der Waals surface area contributed by atoms with Crippen LogP contribution in [-0.4, -0.2) is 22.4 Å². The van der Waals surface area contributed by atoms with Crippen molar-refractivity contribution in [2.24, 2.45) is 11.1 Å². The Morgan fingerprint density at radius 1 is 1.60 bits per heavy atom. The highest BCUT2D eigenvalue weighted by Gasteiger charge is 2.75. The Labute approximate surface area is 58.0 Å². The second-order valence-electron chi connectivity index (χ2n) is 3.07. The lowest BCUT2D eigenvalue weighted by atomic mass is 10.1. The van der Waals surface area contributed by atoms with E-state index in [4.69, 9.17) is 10.8 Å². The van der Waals surface area contributed by atoms with E-state index in [-0.39, 0.29) is 0 Å². The Morgan fingerprint density at radius 2 is 1.90 bits per heavy atom. The molecule has 1 aliphatic carbocycles. The van der Waals surface area contributed by atoms with Gasteiger partial charge in [0.2, 0.25) is 0 Å². The Hall–Kier alpha value is -0.900. The molecule has 0 aromatic heterocycles. The molecule has 4 nitrogen and oxygen atoms in total. The van der Waals surface area contributed by atoms with E-state index in [0.29, 0.717) is 0 Å². The lowest BCUT2D eigenvalue weighted by Gasteiger charge is -2.03. The number of carbonyl (C=O) groups is 2. The maximum Gasteiger partial charge on any atom is 0.332 e. The van der Waals surface area contributed by atoms with E-state index < -0.39 is 22.7 Å². The van der Waals surface area contributed by atoms with Crippen LogP contribution in [-0.2, 0) is 9.59 Å². The maximum atomic E-state index is 10.8. The maximum absolute atomic E-state index is 10.8. The third kappa shape index (κ3) is 0.455. The summed E-state index contributed by atoms with van der Waals surface area (Å²) in [5, 5.41) is 8.47. The van der Waals surface area contributed by atoms with Crippen molar-refractivity contribution >= 4 is 11.8 Å². The second kappa shape index (κ2) is 1.40. The van der Waals surface area contributed by atoms with Gasteiger partial charge in [-0.2, -0.15) is 0 Å². The summed E-state index contributed by atoms with van der Waals surface area (Å²) in [5.74, 6) is -1.63. The van der Waals surface area contributed by atoms with Gasteiger partial charge in [-0.15, -0.1) is 0 Å². The van der Waals surface area contributed by atoms with Crippen LogP contribution < -0.4 is 5.73 Å². The number of Topliss-reactive ketones (excluding diaryl/α,β-unsaturated/α-hetero) is 1. The highest BCUT2D eigenvalue weighted by Crippen LogP contribution is 2.49. The summed E-state index contributed by atoms with van der Waals surface area (Å²) in [5.41, 5.74) is 2.77. The minimum absolute atomic E-state index is 0.396. The van der Waals surface area contributed by atoms with Gasteiger partial charge in [-0.1, -0.05) is 0 Å². The van der Waals surface area contributed by atoms with E-state index in [1.807, 2.05) is 0 Å². The van der Waals surface area contributed by atoms with E-state index in [1.54, 1.807) is 0 Å². The second-order valence-corrected chi connectivity index (χ2v) is 3.07. The highest BCUT2D eigenvalue weighted by atomic mass is 16.4. The Bertz CT molecular complexity index is 221. The van der Waals surface area contributed by atoms with Crippen LogP contribution in [0.5, 0.6) is 0 Å². The molecule has 0 aromatic carbocycles. The first-order valence-electron chi connectivity index (χ1n) is 2.92. The van der Waals surface area contributed by atoms with Gasteiger partial charge in [-0.25, -0.2) is 4.79 Å². The lowest BCUT2D eigenvalue weighted by Crippen LogP contribution is -2.38. The van der Waals surface area contributed by atoms with Gasteiger partial charge < -0.3 is 10.8 Å². The van der Waals surface area contributed by atoms with Crippen molar-refractivity contribution in [3.05, 3.63) is 0 Å². The summed E-state index contributed by atoms with van der Waals surface area (Å²) in [6.07, 6.45) is 0. The van der Waals surface area contributed by atoms with Crippen LogP contribution in [0.15, 0.2) is 0 Å². The summed E-state index contributed by atoms with van der Waals surface area (Å²) in [6, 6.07) is 0. The molecule has 4 heteroatoms. The number of ketones is 1. The fourth-order valence-corrected chi connectivity index (χ4v) is 1.01. The number of nitrogens with two attached hydrogens (primary N) is 1. The monoisotopic (exact) mass is 143 g/mol. The molecule has 1 atom stereocenters. The van der Waals surface area contributed by atoms with Gasteiger partial charge >= 0.3 is 5.97 Å². The molecule has 10 heavy (non-hydrogen) atoms. The topological polar surface area (TPSA) is 80.4 Å². The average Bonchev–Trinajstić information content (AvgIpc) is 2.16. The zero-order chi connectivity index (χ0) is 8.15. The van der Waals surface area contributed by atoms with Crippen LogP contribution in [0.3, 0.4) is 0 Å². The molecular weight excluding hydrogens is 134 g/mol. The van der Waals surface area contributed by atoms with Crippen LogP contribution in [0, 0.1) is 5.41 Å². The first kappa shape index (κ1) is 7.21. The van der Waals surface area contributed by atoms with Crippen LogP contribution in [0.25, 0.3) is 0 Å². The Morgan fingerprint density at radius 3 is 1.90 bits per heavy atom. The fraction of sp³-hybridized carbons (Fsp3) is 0.667. The molecule has 0 radical (unpaired) electrons. The minimum atomic E-state index is -1.62. The molecule has 0 bridgehead atoms. The molecule has 1 aliphatic rings. The molecule has 0 aliphatic heterocycles. The summed E-state index contributed by atoms with van der Waals surface area (Å²) >= 11 is 0. The molecule has 0 saturated heterocycles. The van der Waals surface area contributed by atoms with Crippen LogP contribution in [0.4, 0.5) is 0 Å². The SMILES string of the molecule is CC1(C)C(=O)C1(N)C(=O)O. The first-order chi connectivity index (χ1) is 4.35. The molecule has 0 spiro atoms. The zero-order valence-electron chi connectivity index (χ0n) is 5.84.